The molecule has 3 nitrogen and oxygen atoms in total. The maximum Gasteiger partial charge on any atom is 0.309 e. The summed E-state index contributed by atoms with van der Waals surface area (Å²) >= 11 is 0. The Morgan fingerprint density at radius 2 is 1.79 bits per heavy atom. The molecule has 1 aromatic carbocycles. The first-order chi connectivity index (χ1) is 13.4. The first-order valence-corrected chi connectivity index (χ1v) is 10.4. The number of aliphatic hydroxyl groups is 1. The molecule has 158 valence electrons. The van der Waals surface area contributed by atoms with Crippen molar-refractivity contribution < 1.29 is 19.0 Å². The fraction of sp³-hybridized carbons (Fsp3) is 0.560. The van der Waals surface area contributed by atoms with Crippen molar-refractivity contribution in [1.82, 2.24) is 0 Å². The largest absolute Gasteiger partial charge is 0.458 e. The summed E-state index contributed by atoms with van der Waals surface area (Å²) < 4.78 is 19.6. The van der Waals surface area contributed by atoms with E-state index in [1.807, 2.05) is 32.1 Å². The smallest absolute Gasteiger partial charge is 0.309 e. The number of carbonyl (C=O) groups is 1. The Morgan fingerprint density at radius 1 is 1.17 bits per heavy atom. The molecule has 1 N–H and O–H groups in total. The summed E-state index contributed by atoms with van der Waals surface area (Å²) in [7, 11) is 0. The molecule has 0 aromatic heterocycles. The van der Waals surface area contributed by atoms with E-state index in [-0.39, 0.29) is 29.0 Å². The maximum absolute atomic E-state index is 14.2. The summed E-state index contributed by atoms with van der Waals surface area (Å²) in [4.78, 5) is 11.7. The summed E-state index contributed by atoms with van der Waals surface area (Å²) in [6.45, 7) is 12.6. The second-order valence-electron chi connectivity index (χ2n) is 10.2. The van der Waals surface area contributed by atoms with Crippen molar-refractivity contribution in [3.63, 3.8) is 0 Å². The van der Waals surface area contributed by atoms with Crippen molar-refractivity contribution >= 4 is 11.5 Å². The Labute approximate surface area is 173 Å². The molecule has 1 aliphatic carbocycles. The number of cyclic esters (lactones) is 1. The third-order valence-corrected chi connectivity index (χ3v) is 6.08. The summed E-state index contributed by atoms with van der Waals surface area (Å²) in [6.07, 6.45) is 5.30. The maximum atomic E-state index is 14.2. The Hall–Kier alpha value is -1.94. The van der Waals surface area contributed by atoms with Gasteiger partial charge in [-0.2, -0.15) is 0 Å². The van der Waals surface area contributed by atoms with E-state index < -0.39 is 12.2 Å². The lowest BCUT2D eigenvalue weighted by Crippen LogP contribution is -2.32. The molecule has 0 amide bonds. The van der Waals surface area contributed by atoms with Crippen LogP contribution >= 0.6 is 0 Å². The van der Waals surface area contributed by atoms with Crippen LogP contribution in [0.25, 0.3) is 5.57 Å². The van der Waals surface area contributed by atoms with E-state index in [9.17, 15) is 14.3 Å². The molecule has 1 aliphatic heterocycles. The molecule has 1 fully saturated rings. The van der Waals surface area contributed by atoms with Gasteiger partial charge in [0.15, 0.2) is 0 Å². The molecule has 1 saturated heterocycles. The van der Waals surface area contributed by atoms with Gasteiger partial charge < -0.3 is 9.84 Å². The molecule has 4 heteroatoms. The number of aryl methyl sites for hydroxylation is 2. The summed E-state index contributed by atoms with van der Waals surface area (Å²) in [5.74, 6) is -0.509. The van der Waals surface area contributed by atoms with Gasteiger partial charge in [0.1, 0.15) is 11.9 Å². The number of allylic oxidation sites excluding steroid dienone is 3. The number of rotatable bonds is 3. The first-order valence-electron chi connectivity index (χ1n) is 10.4. The Bertz CT molecular complexity index is 853. The SMILES string of the molecule is Cc1cc(C2=C(/C=C/[C@H]3C[C@H](O)CC(=O)O3)C(C)(C)CC(C)(C)C2)cc(C)c1F. The standard InChI is InChI=1S/C25H33FO3/c1-15-9-17(10-16(2)23(15)26)20-13-24(3,4)14-25(5,6)21(20)8-7-19-11-18(27)12-22(28)29-19/h7-10,18-19,27H,11-14H2,1-6H3/b8-7+/t18-,19-/m0/s1. The summed E-state index contributed by atoms with van der Waals surface area (Å²) in [6, 6.07) is 3.88. The quantitative estimate of drug-likeness (QED) is 0.666. The highest BCUT2D eigenvalue weighted by Gasteiger charge is 2.39. The van der Waals surface area contributed by atoms with Gasteiger partial charge in [-0.15, -0.1) is 0 Å². The molecule has 2 atom stereocenters. The average Bonchev–Trinajstić information content (AvgIpc) is 2.55. The lowest BCUT2D eigenvalue weighted by Gasteiger charge is -2.43. The zero-order valence-corrected chi connectivity index (χ0v) is 18.4. The molecular weight excluding hydrogens is 367 g/mol. The third kappa shape index (κ3) is 4.80. The van der Waals surface area contributed by atoms with Crippen LogP contribution in [-0.4, -0.2) is 23.3 Å². The van der Waals surface area contributed by atoms with Crippen LogP contribution in [0.3, 0.4) is 0 Å². The first kappa shape index (κ1) is 21.8. The predicted molar refractivity (Wildman–Crippen MR) is 114 cm³/mol. The van der Waals surface area contributed by atoms with Gasteiger partial charge in [-0.05, 0) is 83.6 Å². The number of benzene rings is 1. The molecule has 1 aromatic rings. The fourth-order valence-corrected chi connectivity index (χ4v) is 5.17. The van der Waals surface area contributed by atoms with Crippen LogP contribution in [0, 0.1) is 30.5 Å². The highest BCUT2D eigenvalue weighted by Crippen LogP contribution is 2.52. The molecule has 29 heavy (non-hydrogen) atoms. The average molecular weight is 401 g/mol. The van der Waals surface area contributed by atoms with Gasteiger partial charge in [0.05, 0.1) is 12.5 Å². The number of hydrogen-bond donors (Lipinski definition) is 1. The number of halogens is 1. The summed E-state index contributed by atoms with van der Waals surface area (Å²) in [5, 5.41) is 9.89. The number of aliphatic hydroxyl groups excluding tert-OH is 1. The number of hydrogen-bond acceptors (Lipinski definition) is 3. The monoisotopic (exact) mass is 400 g/mol. The predicted octanol–water partition coefficient (Wildman–Crippen LogP) is 5.67. The molecule has 3 rings (SSSR count). The molecular formula is C25H33FO3. The lowest BCUT2D eigenvalue weighted by atomic mass is 9.61. The highest BCUT2D eigenvalue weighted by atomic mass is 19.1. The minimum atomic E-state index is -0.653. The van der Waals surface area contributed by atoms with Crippen molar-refractivity contribution in [3.05, 3.63) is 52.4 Å². The Morgan fingerprint density at radius 3 is 2.38 bits per heavy atom. The van der Waals surface area contributed by atoms with Crippen molar-refractivity contribution in [1.29, 1.82) is 0 Å². The number of esters is 1. The van der Waals surface area contributed by atoms with E-state index >= 15 is 0 Å². The molecule has 0 saturated carbocycles. The van der Waals surface area contributed by atoms with Crippen LogP contribution < -0.4 is 0 Å². The van der Waals surface area contributed by atoms with Crippen LogP contribution in [0.5, 0.6) is 0 Å². The molecule has 0 radical (unpaired) electrons. The Kier molecular flexibility index (Phi) is 5.79. The van der Waals surface area contributed by atoms with E-state index in [2.05, 4.69) is 33.8 Å². The van der Waals surface area contributed by atoms with E-state index in [4.69, 9.17) is 4.74 Å². The second-order valence-corrected chi connectivity index (χ2v) is 10.2. The molecule has 1 heterocycles. The minimum absolute atomic E-state index is 0.0616. The van der Waals surface area contributed by atoms with Crippen molar-refractivity contribution in [2.45, 2.75) is 79.4 Å². The van der Waals surface area contributed by atoms with E-state index in [0.717, 1.165) is 18.4 Å². The van der Waals surface area contributed by atoms with E-state index in [0.29, 0.717) is 17.5 Å². The third-order valence-electron chi connectivity index (χ3n) is 6.08. The number of ether oxygens (including phenoxy) is 1. The topological polar surface area (TPSA) is 46.5 Å². The van der Waals surface area contributed by atoms with E-state index in [1.165, 1.54) is 11.1 Å². The van der Waals surface area contributed by atoms with Crippen LogP contribution in [0.2, 0.25) is 0 Å². The van der Waals surface area contributed by atoms with Gasteiger partial charge in [0, 0.05) is 6.42 Å². The van der Waals surface area contributed by atoms with Gasteiger partial charge >= 0.3 is 5.97 Å². The zero-order chi connectivity index (χ0) is 21.6. The minimum Gasteiger partial charge on any atom is -0.458 e. The van der Waals surface area contributed by atoms with Gasteiger partial charge in [-0.3, -0.25) is 4.79 Å². The van der Waals surface area contributed by atoms with Gasteiger partial charge in [0.25, 0.3) is 0 Å². The fourth-order valence-electron chi connectivity index (χ4n) is 5.17. The van der Waals surface area contributed by atoms with Crippen molar-refractivity contribution in [2.24, 2.45) is 10.8 Å². The Balaban J connectivity index is 2.08. The molecule has 0 unspecified atom stereocenters. The van der Waals surface area contributed by atoms with Crippen molar-refractivity contribution in [2.75, 3.05) is 0 Å². The van der Waals surface area contributed by atoms with Crippen LogP contribution in [0.15, 0.2) is 29.9 Å². The number of carbonyl (C=O) groups excluding carboxylic acids is 1. The zero-order valence-electron chi connectivity index (χ0n) is 18.4. The van der Waals surface area contributed by atoms with Gasteiger partial charge in [-0.25, -0.2) is 4.39 Å². The summed E-state index contributed by atoms with van der Waals surface area (Å²) in [5.41, 5.74) is 4.82. The van der Waals surface area contributed by atoms with Gasteiger partial charge in [-0.1, -0.05) is 33.8 Å². The molecule has 0 bridgehead atoms. The highest BCUT2D eigenvalue weighted by molar-refractivity contribution is 5.75. The van der Waals surface area contributed by atoms with Crippen LogP contribution in [0.4, 0.5) is 4.39 Å². The lowest BCUT2D eigenvalue weighted by molar-refractivity contribution is -0.156. The van der Waals surface area contributed by atoms with Crippen LogP contribution in [0.1, 0.15) is 70.1 Å². The van der Waals surface area contributed by atoms with E-state index in [1.54, 1.807) is 0 Å². The van der Waals surface area contributed by atoms with Crippen molar-refractivity contribution in [3.8, 4) is 0 Å². The molecule has 2 aliphatic rings. The molecule has 0 spiro atoms. The van der Waals surface area contributed by atoms with Crippen LogP contribution in [-0.2, 0) is 9.53 Å². The van der Waals surface area contributed by atoms with Gasteiger partial charge in [0.2, 0.25) is 0 Å². The second kappa shape index (κ2) is 7.71. The normalized spacial score (nSPS) is 26.7.